The molecule has 0 aliphatic carbocycles. The van der Waals surface area contributed by atoms with Crippen molar-refractivity contribution in [1.29, 1.82) is 0 Å². The van der Waals surface area contributed by atoms with Gasteiger partial charge in [-0.25, -0.2) is 0 Å². The molecule has 2 aromatic rings. The molecule has 2 heterocycles. The molecule has 0 aliphatic heterocycles. The van der Waals surface area contributed by atoms with E-state index in [1.165, 1.54) is 0 Å². The van der Waals surface area contributed by atoms with E-state index in [2.05, 4.69) is 29.4 Å². The molecule has 0 aliphatic rings. The molecule has 5 nitrogen and oxygen atoms in total. The maximum atomic E-state index is 12.4. The predicted octanol–water partition coefficient (Wildman–Crippen LogP) is 3.28. The van der Waals surface area contributed by atoms with Crippen LogP contribution in [0.2, 0.25) is 0 Å². The van der Waals surface area contributed by atoms with Crippen LogP contribution in [0.25, 0.3) is 0 Å². The Morgan fingerprint density at radius 2 is 2.29 bits per heavy atom. The number of hydrogen-bond donors (Lipinski definition) is 3. The van der Waals surface area contributed by atoms with E-state index < -0.39 is 0 Å². The quantitative estimate of drug-likeness (QED) is 0.734. The van der Waals surface area contributed by atoms with E-state index in [4.69, 9.17) is 5.73 Å². The highest BCUT2D eigenvalue weighted by Gasteiger charge is 2.21. The Kier molecular flexibility index (Phi) is 5.38. The van der Waals surface area contributed by atoms with Crippen molar-refractivity contribution < 1.29 is 4.79 Å². The molecule has 0 saturated heterocycles. The van der Waals surface area contributed by atoms with Crippen molar-refractivity contribution >= 4 is 22.9 Å². The van der Waals surface area contributed by atoms with Crippen molar-refractivity contribution in [2.45, 2.75) is 45.6 Å². The van der Waals surface area contributed by atoms with Crippen LogP contribution < -0.4 is 11.1 Å². The number of carbonyl (C=O) groups is 1. The van der Waals surface area contributed by atoms with Gasteiger partial charge in [-0.3, -0.25) is 9.89 Å². The van der Waals surface area contributed by atoms with Crippen LogP contribution in [0.15, 0.2) is 17.5 Å². The van der Waals surface area contributed by atoms with Gasteiger partial charge in [0.2, 0.25) is 0 Å². The number of aromatic nitrogens is 2. The van der Waals surface area contributed by atoms with Gasteiger partial charge in [0.25, 0.3) is 5.91 Å². The van der Waals surface area contributed by atoms with Crippen molar-refractivity contribution in [3.63, 3.8) is 0 Å². The van der Waals surface area contributed by atoms with Crippen LogP contribution >= 0.6 is 11.3 Å². The number of hydrogen-bond acceptors (Lipinski definition) is 4. The maximum absolute atomic E-state index is 12.4. The third-order valence-corrected chi connectivity index (χ3v) is 4.35. The minimum Gasteiger partial charge on any atom is -0.395 e. The summed E-state index contributed by atoms with van der Waals surface area (Å²) in [5, 5.41) is 12.0. The van der Waals surface area contributed by atoms with Gasteiger partial charge in [0.1, 0.15) is 0 Å². The fraction of sp³-hybridized carbons (Fsp3) is 0.467. The number of nitrogen functional groups attached to an aromatic ring is 1. The molecule has 4 N–H and O–H groups in total. The first-order chi connectivity index (χ1) is 10.2. The third-order valence-electron chi connectivity index (χ3n) is 3.37. The number of aryl methyl sites for hydroxylation is 1. The number of carbonyl (C=O) groups excluding carboxylic acids is 1. The van der Waals surface area contributed by atoms with Gasteiger partial charge in [0.15, 0.2) is 5.69 Å². The molecular formula is C15H22N4OS. The first-order valence-electron chi connectivity index (χ1n) is 7.34. The number of aromatic amines is 1. The molecule has 0 spiro atoms. The van der Waals surface area contributed by atoms with E-state index in [9.17, 15) is 4.79 Å². The number of nitrogens with two attached hydrogens (primary N) is 1. The number of thiophene rings is 1. The van der Waals surface area contributed by atoms with Crippen molar-refractivity contribution in [3.05, 3.63) is 33.8 Å². The molecule has 2 aromatic heterocycles. The van der Waals surface area contributed by atoms with Gasteiger partial charge in [0.05, 0.1) is 17.4 Å². The fourth-order valence-corrected chi connectivity index (χ4v) is 3.10. The van der Waals surface area contributed by atoms with Crippen LogP contribution in [0, 0.1) is 0 Å². The Bertz CT molecular complexity index is 577. The van der Waals surface area contributed by atoms with Crippen LogP contribution in [0.3, 0.4) is 0 Å². The molecule has 1 atom stereocenters. The predicted molar refractivity (Wildman–Crippen MR) is 86.4 cm³/mol. The molecule has 1 amide bonds. The summed E-state index contributed by atoms with van der Waals surface area (Å²) in [5.41, 5.74) is 7.62. The Hall–Kier alpha value is -1.82. The zero-order valence-electron chi connectivity index (χ0n) is 12.5. The lowest BCUT2D eigenvalue weighted by Crippen LogP contribution is -2.29. The van der Waals surface area contributed by atoms with E-state index in [1.54, 1.807) is 11.3 Å². The van der Waals surface area contributed by atoms with Gasteiger partial charge in [-0.15, -0.1) is 11.3 Å². The summed E-state index contributed by atoms with van der Waals surface area (Å²) in [6.45, 7) is 4.17. The van der Waals surface area contributed by atoms with Gasteiger partial charge in [-0.2, -0.15) is 5.10 Å². The number of nitrogens with zero attached hydrogens (tertiary/aromatic N) is 1. The first-order valence-corrected chi connectivity index (χ1v) is 8.22. The molecule has 6 heteroatoms. The van der Waals surface area contributed by atoms with Gasteiger partial charge in [-0.05, 0) is 24.3 Å². The van der Waals surface area contributed by atoms with Crippen molar-refractivity contribution in [2.24, 2.45) is 0 Å². The highest BCUT2D eigenvalue weighted by molar-refractivity contribution is 7.10. The average molecular weight is 306 g/mol. The zero-order valence-corrected chi connectivity index (χ0v) is 13.3. The third kappa shape index (κ3) is 3.64. The largest absolute Gasteiger partial charge is 0.395 e. The van der Waals surface area contributed by atoms with Crippen LogP contribution in [-0.2, 0) is 6.42 Å². The number of nitrogens with one attached hydrogen (secondary N) is 2. The molecule has 0 radical (unpaired) electrons. The van der Waals surface area contributed by atoms with E-state index in [-0.39, 0.29) is 11.9 Å². The summed E-state index contributed by atoms with van der Waals surface area (Å²) in [6.07, 6.45) is 3.66. The second-order valence-electron chi connectivity index (χ2n) is 5.04. The Labute approximate surface area is 128 Å². The lowest BCUT2D eigenvalue weighted by Gasteiger charge is -2.16. The van der Waals surface area contributed by atoms with Gasteiger partial charge in [0, 0.05) is 4.88 Å². The second kappa shape index (κ2) is 7.26. The SMILES string of the molecule is CCCc1[nH]nc(C(=O)NC(CCC)c2cccs2)c1N. The summed E-state index contributed by atoms with van der Waals surface area (Å²) in [7, 11) is 0. The van der Waals surface area contributed by atoms with Crippen molar-refractivity contribution in [3.8, 4) is 0 Å². The second-order valence-corrected chi connectivity index (χ2v) is 6.02. The summed E-state index contributed by atoms with van der Waals surface area (Å²) < 4.78 is 0. The van der Waals surface area contributed by atoms with Crippen molar-refractivity contribution in [1.82, 2.24) is 15.5 Å². The smallest absolute Gasteiger partial charge is 0.274 e. The van der Waals surface area contributed by atoms with Crippen LogP contribution in [-0.4, -0.2) is 16.1 Å². The topological polar surface area (TPSA) is 83.8 Å². The number of anilines is 1. The lowest BCUT2D eigenvalue weighted by atomic mass is 10.1. The normalized spacial score (nSPS) is 12.3. The van der Waals surface area contributed by atoms with Gasteiger partial charge < -0.3 is 11.1 Å². The summed E-state index contributed by atoms with van der Waals surface area (Å²) in [4.78, 5) is 13.6. The van der Waals surface area contributed by atoms with E-state index >= 15 is 0 Å². The Morgan fingerprint density at radius 3 is 2.90 bits per heavy atom. The van der Waals surface area contributed by atoms with E-state index in [1.807, 2.05) is 17.5 Å². The van der Waals surface area contributed by atoms with Gasteiger partial charge >= 0.3 is 0 Å². The van der Waals surface area contributed by atoms with E-state index in [0.29, 0.717) is 11.4 Å². The van der Waals surface area contributed by atoms with Crippen LogP contribution in [0.1, 0.15) is 60.2 Å². The highest BCUT2D eigenvalue weighted by Crippen LogP contribution is 2.24. The fourth-order valence-electron chi connectivity index (χ4n) is 2.29. The monoisotopic (exact) mass is 306 g/mol. The molecule has 0 saturated carbocycles. The van der Waals surface area contributed by atoms with E-state index in [0.717, 1.165) is 36.3 Å². The van der Waals surface area contributed by atoms with Crippen LogP contribution in [0.4, 0.5) is 5.69 Å². The Balaban J connectivity index is 2.12. The molecule has 21 heavy (non-hydrogen) atoms. The average Bonchev–Trinajstić information content (AvgIpc) is 3.10. The van der Waals surface area contributed by atoms with Gasteiger partial charge in [-0.1, -0.05) is 32.8 Å². The minimum atomic E-state index is -0.210. The van der Waals surface area contributed by atoms with Crippen molar-refractivity contribution in [2.75, 3.05) is 5.73 Å². The minimum absolute atomic E-state index is 0.0215. The molecule has 114 valence electrons. The molecular weight excluding hydrogens is 284 g/mol. The summed E-state index contributed by atoms with van der Waals surface area (Å²) >= 11 is 1.65. The standard InChI is InChI=1S/C15H22N4OS/c1-3-6-10(12-8-5-9-21-12)17-15(20)14-13(16)11(7-4-2)18-19-14/h5,8-10H,3-4,6-7,16H2,1-2H3,(H,17,20)(H,18,19). The molecule has 1 unspecified atom stereocenters. The lowest BCUT2D eigenvalue weighted by molar-refractivity contribution is 0.0931. The molecule has 2 rings (SSSR count). The van der Waals surface area contributed by atoms with Crippen LogP contribution in [0.5, 0.6) is 0 Å². The molecule has 0 bridgehead atoms. The highest BCUT2D eigenvalue weighted by atomic mass is 32.1. The molecule has 0 fully saturated rings. The number of H-pyrrole nitrogens is 1. The summed E-state index contributed by atoms with van der Waals surface area (Å²) in [6, 6.07) is 4.06. The molecule has 0 aromatic carbocycles. The zero-order chi connectivity index (χ0) is 15.2. The number of rotatable bonds is 7. The maximum Gasteiger partial charge on any atom is 0.274 e. The summed E-state index contributed by atoms with van der Waals surface area (Å²) in [5.74, 6) is -0.210. The number of amides is 1. The Morgan fingerprint density at radius 1 is 1.48 bits per heavy atom. The first kappa shape index (κ1) is 15.6.